The van der Waals surface area contributed by atoms with Crippen molar-refractivity contribution in [1.29, 1.82) is 0 Å². The maximum absolute atomic E-state index is 13.1. The lowest BCUT2D eigenvalue weighted by Crippen LogP contribution is -2.15. The molecule has 0 radical (unpaired) electrons. The van der Waals surface area contributed by atoms with Crippen LogP contribution in [0, 0.1) is 0 Å². The molecule has 152 valence electrons. The molecule has 5 aromatic rings. The van der Waals surface area contributed by atoms with Gasteiger partial charge in [0.05, 0.1) is 15.9 Å². The second-order valence-electron chi connectivity index (χ2n) is 7.00. The van der Waals surface area contributed by atoms with Gasteiger partial charge in [-0.1, -0.05) is 66.2 Å². The second-order valence-corrected chi connectivity index (χ2v) is 9.11. The highest BCUT2D eigenvalue weighted by Crippen LogP contribution is 2.33. The Morgan fingerprint density at radius 3 is 2.13 bits per heavy atom. The molecule has 0 saturated heterocycles. The summed E-state index contributed by atoms with van der Waals surface area (Å²) in [6.45, 7) is 0. The molecule has 0 aliphatic carbocycles. The van der Waals surface area contributed by atoms with Crippen LogP contribution < -0.4 is 4.72 Å². The van der Waals surface area contributed by atoms with Crippen molar-refractivity contribution >= 4 is 49.2 Å². The summed E-state index contributed by atoms with van der Waals surface area (Å²) in [6.07, 6.45) is 0. The SMILES string of the molecule is O=S(=O)(Nc1nc2ccccc2nc1-c1cccc2ccccc12)c1ccc(Cl)cc1. The third-order valence-electron chi connectivity index (χ3n) is 4.97. The van der Waals surface area contributed by atoms with Gasteiger partial charge in [-0.25, -0.2) is 18.4 Å². The van der Waals surface area contributed by atoms with Gasteiger partial charge in [-0.05, 0) is 47.2 Å². The van der Waals surface area contributed by atoms with Crippen LogP contribution in [0.15, 0.2) is 95.9 Å². The van der Waals surface area contributed by atoms with Crippen molar-refractivity contribution in [3.63, 3.8) is 0 Å². The normalized spacial score (nSPS) is 11.6. The summed E-state index contributed by atoms with van der Waals surface area (Å²) in [5.41, 5.74) is 2.54. The summed E-state index contributed by atoms with van der Waals surface area (Å²) >= 11 is 5.91. The van der Waals surface area contributed by atoms with E-state index in [9.17, 15) is 8.42 Å². The third-order valence-corrected chi connectivity index (χ3v) is 6.58. The maximum atomic E-state index is 13.1. The van der Waals surface area contributed by atoms with Crippen LogP contribution in [0.2, 0.25) is 5.02 Å². The minimum Gasteiger partial charge on any atom is -0.262 e. The van der Waals surface area contributed by atoms with Crippen LogP contribution >= 0.6 is 11.6 Å². The molecule has 5 nitrogen and oxygen atoms in total. The van der Waals surface area contributed by atoms with Gasteiger partial charge in [-0.2, -0.15) is 0 Å². The smallest absolute Gasteiger partial charge is 0.262 e. The molecule has 7 heteroatoms. The van der Waals surface area contributed by atoms with E-state index in [2.05, 4.69) is 9.71 Å². The van der Waals surface area contributed by atoms with Crippen molar-refractivity contribution in [2.75, 3.05) is 4.72 Å². The monoisotopic (exact) mass is 445 g/mol. The average molecular weight is 446 g/mol. The molecule has 1 N–H and O–H groups in total. The van der Waals surface area contributed by atoms with E-state index in [1.807, 2.05) is 60.7 Å². The van der Waals surface area contributed by atoms with E-state index in [4.69, 9.17) is 16.6 Å². The van der Waals surface area contributed by atoms with Gasteiger partial charge in [0, 0.05) is 10.6 Å². The topological polar surface area (TPSA) is 72.0 Å². The summed E-state index contributed by atoms with van der Waals surface area (Å²) in [5, 5.41) is 2.45. The predicted octanol–water partition coefficient (Wildman–Crippen LogP) is 5.90. The molecule has 5 rings (SSSR count). The number of benzene rings is 4. The summed E-state index contributed by atoms with van der Waals surface area (Å²) in [4.78, 5) is 9.48. The van der Waals surface area contributed by atoms with Crippen LogP contribution in [-0.2, 0) is 10.0 Å². The Morgan fingerprint density at radius 1 is 0.710 bits per heavy atom. The number of nitrogens with zero attached hydrogens (tertiary/aromatic N) is 2. The van der Waals surface area contributed by atoms with E-state index in [-0.39, 0.29) is 10.7 Å². The largest absolute Gasteiger partial charge is 0.263 e. The number of sulfonamides is 1. The highest BCUT2D eigenvalue weighted by molar-refractivity contribution is 7.92. The summed E-state index contributed by atoms with van der Waals surface area (Å²) < 4.78 is 28.8. The van der Waals surface area contributed by atoms with Crippen molar-refractivity contribution < 1.29 is 8.42 Å². The number of nitrogens with one attached hydrogen (secondary N) is 1. The van der Waals surface area contributed by atoms with Crippen LogP contribution in [0.25, 0.3) is 33.1 Å². The molecule has 0 bridgehead atoms. The van der Waals surface area contributed by atoms with E-state index in [1.54, 1.807) is 6.07 Å². The van der Waals surface area contributed by atoms with Gasteiger partial charge in [-0.3, -0.25) is 4.72 Å². The highest BCUT2D eigenvalue weighted by atomic mass is 35.5. The Kier molecular flexibility index (Phi) is 4.81. The first kappa shape index (κ1) is 19.5. The van der Waals surface area contributed by atoms with Gasteiger partial charge in [0.25, 0.3) is 10.0 Å². The standard InChI is InChI=1S/C24H16ClN3O2S/c25-17-12-14-18(15-13-17)31(29,30)28-24-23(26-21-10-3-4-11-22(21)27-24)20-9-5-7-16-6-1-2-8-19(16)20/h1-15H,(H,27,28). The number of fused-ring (bicyclic) bond motifs is 2. The maximum Gasteiger partial charge on any atom is 0.263 e. The summed E-state index contributed by atoms with van der Waals surface area (Å²) in [5.74, 6) is 0.171. The van der Waals surface area contributed by atoms with Crippen molar-refractivity contribution in [3.05, 3.63) is 96.0 Å². The van der Waals surface area contributed by atoms with Crippen molar-refractivity contribution in [1.82, 2.24) is 9.97 Å². The van der Waals surface area contributed by atoms with E-state index in [0.717, 1.165) is 16.3 Å². The van der Waals surface area contributed by atoms with Crippen LogP contribution in [-0.4, -0.2) is 18.4 Å². The first-order valence-electron chi connectivity index (χ1n) is 9.55. The number of para-hydroxylation sites is 2. The molecule has 0 fully saturated rings. The van der Waals surface area contributed by atoms with Gasteiger partial charge in [0.2, 0.25) is 0 Å². The summed E-state index contributed by atoms with van der Waals surface area (Å²) in [7, 11) is -3.89. The third kappa shape index (κ3) is 3.71. The van der Waals surface area contributed by atoms with Crippen molar-refractivity contribution in [2.24, 2.45) is 0 Å². The average Bonchev–Trinajstić information content (AvgIpc) is 2.78. The van der Waals surface area contributed by atoms with Gasteiger partial charge in [-0.15, -0.1) is 0 Å². The quantitative estimate of drug-likeness (QED) is 0.373. The lowest BCUT2D eigenvalue weighted by molar-refractivity contribution is 0.601. The molecule has 0 amide bonds. The van der Waals surface area contributed by atoms with Gasteiger partial charge < -0.3 is 0 Å². The van der Waals surface area contributed by atoms with Gasteiger partial charge in [0.15, 0.2) is 5.82 Å². The molecule has 0 aliphatic heterocycles. The Hall–Kier alpha value is -3.48. The number of rotatable bonds is 4. The fraction of sp³-hybridized carbons (Fsp3) is 0. The van der Waals surface area contributed by atoms with Crippen LogP contribution in [0.4, 0.5) is 5.82 Å². The summed E-state index contributed by atoms with van der Waals surface area (Å²) in [6, 6.07) is 27.1. The highest BCUT2D eigenvalue weighted by Gasteiger charge is 2.20. The fourth-order valence-electron chi connectivity index (χ4n) is 3.49. The zero-order valence-electron chi connectivity index (χ0n) is 16.2. The molecular formula is C24H16ClN3O2S. The van der Waals surface area contributed by atoms with Gasteiger partial charge in [0.1, 0.15) is 5.69 Å². The molecule has 1 aromatic heterocycles. The zero-order chi connectivity index (χ0) is 21.4. The molecular weight excluding hydrogens is 430 g/mol. The lowest BCUT2D eigenvalue weighted by atomic mass is 10.0. The molecule has 4 aromatic carbocycles. The van der Waals surface area contributed by atoms with Gasteiger partial charge >= 0.3 is 0 Å². The molecule has 0 aliphatic rings. The number of aromatic nitrogens is 2. The Balaban J connectivity index is 1.73. The zero-order valence-corrected chi connectivity index (χ0v) is 17.7. The van der Waals surface area contributed by atoms with E-state index in [0.29, 0.717) is 21.7 Å². The van der Waals surface area contributed by atoms with Crippen molar-refractivity contribution in [3.8, 4) is 11.3 Å². The Bertz CT molecular complexity index is 1530. The van der Waals surface area contributed by atoms with Crippen LogP contribution in [0.5, 0.6) is 0 Å². The molecule has 0 saturated carbocycles. The molecule has 0 unspecified atom stereocenters. The minimum atomic E-state index is -3.89. The Labute approximate surface area is 184 Å². The number of hydrogen-bond acceptors (Lipinski definition) is 4. The lowest BCUT2D eigenvalue weighted by Gasteiger charge is -2.14. The van der Waals surface area contributed by atoms with Crippen LogP contribution in [0.3, 0.4) is 0 Å². The second kappa shape index (κ2) is 7.65. The molecule has 31 heavy (non-hydrogen) atoms. The molecule has 1 heterocycles. The molecule has 0 spiro atoms. The molecule has 0 atom stereocenters. The predicted molar refractivity (Wildman–Crippen MR) is 125 cm³/mol. The Morgan fingerprint density at radius 2 is 1.35 bits per heavy atom. The van der Waals surface area contributed by atoms with Crippen molar-refractivity contribution in [2.45, 2.75) is 4.90 Å². The van der Waals surface area contributed by atoms with E-state index in [1.165, 1.54) is 24.3 Å². The number of hydrogen-bond donors (Lipinski definition) is 1. The van der Waals surface area contributed by atoms with E-state index < -0.39 is 10.0 Å². The fourth-order valence-corrected chi connectivity index (χ4v) is 4.63. The number of anilines is 1. The first-order chi connectivity index (χ1) is 15.0. The minimum absolute atomic E-state index is 0.0933. The first-order valence-corrected chi connectivity index (χ1v) is 11.4. The van der Waals surface area contributed by atoms with Crippen LogP contribution in [0.1, 0.15) is 0 Å². The number of halogens is 1. The van der Waals surface area contributed by atoms with E-state index >= 15 is 0 Å².